The van der Waals surface area contributed by atoms with E-state index < -0.39 is 0 Å². The van der Waals surface area contributed by atoms with Crippen molar-refractivity contribution in [3.63, 3.8) is 0 Å². The Morgan fingerprint density at radius 1 is 0.833 bits per heavy atom. The van der Waals surface area contributed by atoms with Crippen LogP contribution in [-0.4, -0.2) is 26.6 Å². The van der Waals surface area contributed by atoms with Crippen molar-refractivity contribution in [1.29, 1.82) is 0 Å². The normalized spacial score (nSPS) is 11.0. The number of aromatic amines is 1. The zero-order valence-corrected chi connectivity index (χ0v) is 22.0. The summed E-state index contributed by atoms with van der Waals surface area (Å²) in [6.45, 7) is 6.23. The first-order valence-electron chi connectivity index (χ1n) is 11.7. The molecule has 180 valence electrons. The molecule has 5 rings (SSSR count). The number of nitrogens with one attached hydrogen (secondary N) is 2. The fraction of sp³-hybridized carbons (Fsp3) is 0.138. The third-order valence-corrected chi connectivity index (χ3v) is 7.71. The molecule has 5 aromatic rings. The minimum atomic E-state index is -0.112. The van der Waals surface area contributed by atoms with Crippen molar-refractivity contribution in [2.24, 2.45) is 0 Å². The Morgan fingerprint density at radius 2 is 1.53 bits per heavy atom. The van der Waals surface area contributed by atoms with Crippen LogP contribution in [-0.2, 0) is 4.79 Å². The molecule has 0 saturated carbocycles. The molecule has 2 N–H and O–H groups in total. The number of rotatable bonds is 7. The van der Waals surface area contributed by atoms with Crippen LogP contribution in [0.1, 0.15) is 16.0 Å². The van der Waals surface area contributed by atoms with Gasteiger partial charge in [0.05, 0.1) is 22.8 Å². The highest BCUT2D eigenvalue weighted by Crippen LogP contribution is 2.34. The Hall–Kier alpha value is -3.68. The molecule has 0 unspecified atom stereocenters. The van der Waals surface area contributed by atoms with Crippen molar-refractivity contribution in [2.75, 3.05) is 11.1 Å². The number of carbonyl (C=O) groups excluding carboxylic acids is 1. The van der Waals surface area contributed by atoms with Gasteiger partial charge in [-0.3, -0.25) is 4.79 Å². The fourth-order valence-electron chi connectivity index (χ4n) is 3.93. The van der Waals surface area contributed by atoms with Crippen LogP contribution < -0.4 is 5.32 Å². The number of aryl methyl sites for hydroxylation is 3. The Morgan fingerprint density at radius 3 is 2.22 bits per heavy atom. The zero-order chi connectivity index (χ0) is 25.1. The second-order valence-corrected chi connectivity index (χ2v) is 10.7. The first-order chi connectivity index (χ1) is 17.5. The van der Waals surface area contributed by atoms with Crippen LogP contribution >= 0.6 is 23.1 Å². The van der Waals surface area contributed by atoms with Crippen molar-refractivity contribution in [1.82, 2.24) is 15.0 Å². The number of amides is 1. The number of nitrogens with zero attached hydrogens (tertiary/aromatic N) is 2. The van der Waals surface area contributed by atoms with Crippen LogP contribution in [0.5, 0.6) is 0 Å². The lowest BCUT2D eigenvalue weighted by molar-refractivity contribution is -0.113. The molecule has 0 radical (unpaired) electrons. The average Bonchev–Trinajstić information content (AvgIpc) is 3.49. The number of thioether (sulfide) groups is 1. The molecule has 0 fully saturated rings. The Labute approximate surface area is 219 Å². The maximum absolute atomic E-state index is 12.8. The van der Waals surface area contributed by atoms with Gasteiger partial charge in [-0.1, -0.05) is 84.6 Å². The number of aromatic nitrogens is 3. The molecule has 1 amide bonds. The number of thiazole rings is 1. The molecule has 2 aromatic heterocycles. The van der Waals surface area contributed by atoms with Crippen molar-refractivity contribution < 1.29 is 4.79 Å². The summed E-state index contributed by atoms with van der Waals surface area (Å²) in [7, 11) is 0. The third-order valence-electron chi connectivity index (χ3n) is 5.96. The molecule has 2 heterocycles. The van der Waals surface area contributed by atoms with Crippen LogP contribution in [0.25, 0.3) is 33.8 Å². The quantitative estimate of drug-likeness (QED) is 0.222. The summed E-state index contributed by atoms with van der Waals surface area (Å²) in [5.41, 5.74) is 8.36. The molecule has 0 spiro atoms. The largest absolute Gasteiger partial charge is 0.332 e. The molecule has 0 saturated heterocycles. The topological polar surface area (TPSA) is 70.7 Å². The van der Waals surface area contributed by atoms with Gasteiger partial charge in [-0.05, 0) is 38.0 Å². The minimum absolute atomic E-state index is 0.112. The van der Waals surface area contributed by atoms with E-state index >= 15 is 0 Å². The van der Waals surface area contributed by atoms with Crippen molar-refractivity contribution in [3.8, 4) is 33.8 Å². The summed E-state index contributed by atoms with van der Waals surface area (Å²) in [6.07, 6.45) is 0. The van der Waals surface area contributed by atoms with Crippen molar-refractivity contribution >= 4 is 34.1 Å². The number of anilines is 1. The molecule has 0 bridgehead atoms. The van der Waals surface area contributed by atoms with E-state index in [9.17, 15) is 4.79 Å². The van der Waals surface area contributed by atoms with Crippen LogP contribution in [0.4, 0.5) is 5.13 Å². The third kappa shape index (κ3) is 5.27. The fourth-order valence-corrected chi connectivity index (χ4v) is 5.46. The van der Waals surface area contributed by atoms with Gasteiger partial charge in [0.1, 0.15) is 0 Å². The first-order valence-corrected chi connectivity index (χ1v) is 13.5. The van der Waals surface area contributed by atoms with Gasteiger partial charge in [0.2, 0.25) is 5.91 Å². The molecule has 0 aliphatic carbocycles. The smallest absolute Gasteiger partial charge is 0.236 e. The molecule has 5 nitrogen and oxygen atoms in total. The van der Waals surface area contributed by atoms with Gasteiger partial charge in [0, 0.05) is 21.6 Å². The summed E-state index contributed by atoms with van der Waals surface area (Å²) in [4.78, 5) is 26.8. The van der Waals surface area contributed by atoms with Crippen molar-refractivity contribution in [2.45, 2.75) is 25.9 Å². The minimum Gasteiger partial charge on any atom is -0.332 e. The molecular formula is C29H26N4OS2. The van der Waals surface area contributed by atoms with Crippen molar-refractivity contribution in [3.05, 3.63) is 94.9 Å². The van der Waals surface area contributed by atoms with Crippen LogP contribution in [0.15, 0.2) is 84.0 Å². The summed E-state index contributed by atoms with van der Waals surface area (Å²) < 4.78 is 0. The van der Waals surface area contributed by atoms with E-state index in [1.54, 1.807) is 0 Å². The van der Waals surface area contributed by atoms with E-state index in [-0.39, 0.29) is 11.7 Å². The molecule has 36 heavy (non-hydrogen) atoms. The SMILES string of the molecule is Cc1ccc(-c2nc(NC(=O)CSc3nc(-c4ccccc4)c(-c4ccccc4)[nH]3)sc2C)cc1C. The zero-order valence-electron chi connectivity index (χ0n) is 20.3. The van der Waals surface area contributed by atoms with Gasteiger partial charge in [-0.2, -0.15) is 0 Å². The number of hydrogen-bond donors (Lipinski definition) is 2. The van der Waals surface area contributed by atoms with E-state index in [1.165, 1.54) is 34.2 Å². The van der Waals surface area contributed by atoms with E-state index in [4.69, 9.17) is 9.97 Å². The molecule has 7 heteroatoms. The van der Waals surface area contributed by atoms with Crippen LogP contribution in [0.3, 0.4) is 0 Å². The van der Waals surface area contributed by atoms with Gasteiger partial charge >= 0.3 is 0 Å². The second kappa shape index (κ2) is 10.5. The lowest BCUT2D eigenvalue weighted by Crippen LogP contribution is -2.13. The number of hydrogen-bond acceptors (Lipinski definition) is 5. The lowest BCUT2D eigenvalue weighted by atomic mass is 10.0. The summed E-state index contributed by atoms with van der Waals surface area (Å²) in [5, 5.41) is 4.27. The van der Waals surface area contributed by atoms with E-state index in [0.717, 1.165) is 38.6 Å². The molecule has 0 atom stereocenters. The van der Waals surface area contributed by atoms with Gasteiger partial charge in [-0.15, -0.1) is 11.3 Å². The van der Waals surface area contributed by atoms with Gasteiger partial charge in [0.15, 0.2) is 10.3 Å². The highest BCUT2D eigenvalue weighted by atomic mass is 32.2. The first kappa shape index (κ1) is 24.0. The van der Waals surface area contributed by atoms with E-state index in [0.29, 0.717) is 10.3 Å². The maximum Gasteiger partial charge on any atom is 0.236 e. The maximum atomic E-state index is 12.8. The summed E-state index contributed by atoms with van der Waals surface area (Å²) in [6, 6.07) is 26.5. The number of H-pyrrole nitrogens is 1. The van der Waals surface area contributed by atoms with Gasteiger partial charge in [-0.25, -0.2) is 9.97 Å². The molecule has 0 aliphatic rings. The average molecular weight is 511 g/mol. The summed E-state index contributed by atoms with van der Waals surface area (Å²) >= 11 is 2.88. The number of carbonyl (C=O) groups is 1. The van der Waals surface area contributed by atoms with Gasteiger partial charge < -0.3 is 10.3 Å². The number of benzene rings is 3. The Balaban J connectivity index is 1.30. The predicted molar refractivity (Wildman–Crippen MR) is 151 cm³/mol. The van der Waals surface area contributed by atoms with Gasteiger partial charge in [0.25, 0.3) is 0 Å². The molecule has 3 aromatic carbocycles. The second-order valence-electron chi connectivity index (χ2n) is 8.56. The highest BCUT2D eigenvalue weighted by molar-refractivity contribution is 7.99. The Bertz CT molecular complexity index is 1450. The Kier molecular flexibility index (Phi) is 7.02. The van der Waals surface area contributed by atoms with E-state index in [2.05, 4.69) is 54.5 Å². The predicted octanol–water partition coefficient (Wildman–Crippen LogP) is 7.52. The van der Waals surface area contributed by atoms with Crippen LogP contribution in [0, 0.1) is 20.8 Å². The standard InChI is InChI=1S/C29H26N4OS2/c1-18-14-15-23(16-19(18)2)25-20(3)36-29(31-25)30-24(34)17-35-28-32-26(21-10-6-4-7-11-21)27(33-28)22-12-8-5-9-13-22/h4-16H,17H2,1-3H3,(H,32,33)(H,30,31,34). The molecular weight excluding hydrogens is 484 g/mol. The van der Waals surface area contributed by atoms with E-state index in [1.807, 2.05) is 55.5 Å². The monoisotopic (exact) mass is 510 g/mol. The summed E-state index contributed by atoms with van der Waals surface area (Å²) in [5.74, 6) is 0.118. The van der Waals surface area contributed by atoms with Crippen LogP contribution in [0.2, 0.25) is 0 Å². The molecule has 0 aliphatic heterocycles. The highest BCUT2D eigenvalue weighted by Gasteiger charge is 2.17. The number of imidazole rings is 1. The lowest BCUT2D eigenvalue weighted by Gasteiger charge is -2.03.